The number of carbonyl (C=O) groups excluding carboxylic acids is 1. The topological polar surface area (TPSA) is 139 Å². The number of rotatable bonds is 5. The number of hydrazine groups is 1. The number of carbonyl (C=O) groups is 1. The number of phenolic OH excluding ortho intramolecular Hbond substituents is 1. The van der Waals surface area contributed by atoms with E-state index >= 15 is 0 Å². The van der Waals surface area contributed by atoms with Gasteiger partial charge in [0.2, 0.25) is 0 Å². The Labute approximate surface area is 137 Å². The fourth-order valence-electron chi connectivity index (χ4n) is 1.93. The van der Waals surface area contributed by atoms with Crippen molar-refractivity contribution in [1.82, 2.24) is 10.3 Å². The molecule has 0 aliphatic carbocycles. The van der Waals surface area contributed by atoms with Crippen LogP contribution in [0.15, 0.2) is 47.4 Å². The smallest absolute Gasteiger partial charge is 0.312 e. The van der Waals surface area contributed by atoms with Crippen molar-refractivity contribution in [1.29, 1.82) is 0 Å². The number of nitrogens with one attached hydrogen (secondary N) is 2. The first kappa shape index (κ1) is 17.4. The molecule has 9 nitrogen and oxygen atoms in total. The third-order valence-electron chi connectivity index (χ3n) is 3.09. The number of aromatic hydroxyl groups is 1. The summed E-state index contributed by atoms with van der Waals surface area (Å²) in [5.74, 6) is -1.34. The molecule has 2 rings (SSSR count). The van der Waals surface area contributed by atoms with Gasteiger partial charge in [0.25, 0.3) is 15.9 Å². The maximum Gasteiger partial charge on any atom is 0.312 e. The van der Waals surface area contributed by atoms with Crippen LogP contribution in [0.25, 0.3) is 0 Å². The Morgan fingerprint density at radius 1 is 1.21 bits per heavy atom. The third-order valence-corrected chi connectivity index (χ3v) is 4.48. The summed E-state index contributed by atoms with van der Waals surface area (Å²) in [6.45, 7) is 1.36. The van der Waals surface area contributed by atoms with Gasteiger partial charge in [-0.25, -0.2) is 8.42 Å². The first-order valence-electron chi connectivity index (χ1n) is 6.57. The number of nitrogens with zero attached hydrogens (tertiary/aromatic N) is 1. The Balaban J connectivity index is 2.26. The number of hydrogen-bond donors (Lipinski definition) is 3. The van der Waals surface area contributed by atoms with Crippen molar-refractivity contribution in [2.24, 2.45) is 0 Å². The van der Waals surface area contributed by atoms with Crippen molar-refractivity contribution in [3.63, 3.8) is 0 Å². The largest absolute Gasteiger partial charge is 0.502 e. The summed E-state index contributed by atoms with van der Waals surface area (Å²) in [4.78, 5) is 23.2. The molecule has 0 atom stereocenters. The highest BCUT2D eigenvalue weighted by molar-refractivity contribution is 7.89. The van der Waals surface area contributed by atoms with Crippen molar-refractivity contribution in [3.8, 4) is 5.75 Å². The molecular formula is C14H13N3O6S. The van der Waals surface area contributed by atoms with Gasteiger partial charge in [-0.1, -0.05) is 18.2 Å². The van der Waals surface area contributed by atoms with Gasteiger partial charge in [0, 0.05) is 11.6 Å². The van der Waals surface area contributed by atoms with Gasteiger partial charge in [0.1, 0.15) is 0 Å². The number of nitro benzene ring substituents is 1. The molecule has 2 aromatic rings. The summed E-state index contributed by atoms with van der Waals surface area (Å²) in [5, 5.41) is 20.3. The number of benzene rings is 2. The van der Waals surface area contributed by atoms with Crippen LogP contribution in [0, 0.1) is 17.0 Å². The molecule has 0 saturated heterocycles. The van der Waals surface area contributed by atoms with Crippen LogP contribution in [0.1, 0.15) is 15.9 Å². The lowest BCUT2D eigenvalue weighted by Crippen LogP contribution is -2.41. The van der Waals surface area contributed by atoms with Crippen LogP contribution in [0.5, 0.6) is 5.75 Å². The van der Waals surface area contributed by atoms with Gasteiger partial charge >= 0.3 is 5.69 Å². The van der Waals surface area contributed by atoms with Crippen molar-refractivity contribution in [2.75, 3.05) is 0 Å². The van der Waals surface area contributed by atoms with E-state index < -0.39 is 37.2 Å². The van der Waals surface area contributed by atoms with Crippen LogP contribution in [-0.2, 0) is 10.0 Å². The quantitative estimate of drug-likeness (QED) is 0.547. The van der Waals surface area contributed by atoms with E-state index in [0.717, 1.165) is 12.1 Å². The summed E-state index contributed by atoms with van der Waals surface area (Å²) >= 11 is 0. The zero-order chi connectivity index (χ0) is 17.9. The second-order valence-electron chi connectivity index (χ2n) is 4.79. The van der Waals surface area contributed by atoms with E-state index in [2.05, 4.69) is 0 Å². The summed E-state index contributed by atoms with van der Waals surface area (Å²) in [6.07, 6.45) is 0. The predicted molar refractivity (Wildman–Crippen MR) is 83.7 cm³/mol. The van der Waals surface area contributed by atoms with Crippen LogP contribution in [-0.4, -0.2) is 24.4 Å². The molecule has 24 heavy (non-hydrogen) atoms. The average Bonchev–Trinajstić information content (AvgIpc) is 2.53. The molecule has 126 valence electrons. The Bertz CT molecular complexity index is 896. The molecule has 0 aliphatic heterocycles. The van der Waals surface area contributed by atoms with Crippen molar-refractivity contribution in [2.45, 2.75) is 11.8 Å². The highest BCUT2D eigenvalue weighted by Gasteiger charge is 2.24. The number of phenols is 1. The van der Waals surface area contributed by atoms with Gasteiger partial charge in [-0.15, -0.1) is 4.83 Å². The van der Waals surface area contributed by atoms with Crippen LogP contribution in [0.3, 0.4) is 0 Å². The molecule has 2 aromatic carbocycles. The highest BCUT2D eigenvalue weighted by Crippen LogP contribution is 2.31. The first-order valence-corrected chi connectivity index (χ1v) is 8.06. The molecular weight excluding hydrogens is 338 g/mol. The average molecular weight is 351 g/mol. The van der Waals surface area contributed by atoms with E-state index in [9.17, 15) is 28.4 Å². The maximum atomic E-state index is 12.2. The zero-order valence-electron chi connectivity index (χ0n) is 12.4. The zero-order valence-corrected chi connectivity index (χ0v) is 13.2. The molecule has 0 fully saturated rings. The van der Waals surface area contributed by atoms with E-state index in [1.165, 1.54) is 19.1 Å². The molecule has 0 aliphatic rings. The minimum Gasteiger partial charge on any atom is -0.502 e. The summed E-state index contributed by atoms with van der Waals surface area (Å²) < 4.78 is 24.5. The monoisotopic (exact) mass is 351 g/mol. The molecule has 0 aromatic heterocycles. The number of aryl methyl sites for hydroxylation is 1. The Morgan fingerprint density at radius 3 is 2.42 bits per heavy atom. The molecule has 0 heterocycles. The van der Waals surface area contributed by atoms with Crippen LogP contribution in [0.2, 0.25) is 0 Å². The van der Waals surface area contributed by atoms with Gasteiger partial charge in [0.15, 0.2) is 5.75 Å². The highest BCUT2D eigenvalue weighted by atomic mass is 32.2. The van der Waals surface area contributed by atoms with Crippen LogP contribution >= 0.6 is 0 Å². The lowest BCUT2D eigenvalue weighted by atomic mass is 10.2. The number of nitro groups is 1. The molecule has 0 unspecified atom stereocenters. The van der Waals surface area contributed by atoms with Crippen LogP contribution < -0.4 is 10.3 Å². The van der Waals surface area contributed by atoms with Crippen molar-refractivity contribution >= 4 is 21.6 Å². The minimum absolute atomic E-state index is 0.0829. The number of amides is 1. The maximum absolute atomic E-state index is 12.2. The molecule has 1 amide bonds. The second-order valence-corrected chi connectivity index (χ2v) is 6.44. The van der Waals surface area contributed by atoms with E-state index in [-0.39, 0.29) is 11.1 Å². The fraction of sp³-hybridized carbons (Fsp3) is 0.0714. The minimum atomic E-state index is -4.26. The van der Waals surface area contributed by atoms with Gasteiger partial charge in [-0.2, -0.15) is 0 Å². The van der Waals surface area contributed by atoms with Gasteiger partial charge < -0.3 is 5.11 Å². The van der Waals surface area contributed by atoms with E-state index in [1.54, 1.807) is 18.2 Å². The van der Waals surface area contributed by atoms with Crippen molar-refractivity contribution in [3.05, 3.63) is 63.7 Å². The molecule has 0 radical (unpaired) electrons. The fourth-order valence-corrected chi connectivity index (χ4v) is 3.01. The summed E-state index contributed by atoms with van der Waals surface area (Å²) in [7, 11) is -4.26. The molecule has 10 heteroatoms. The SMILES string of the molecule is Cc1cc(O)c([N+](=O)[O-])cc1S(=O)(=O)NNC(=O)c1ccccc1. The first-order chi connectivity index (χ1) is 11.2. The second kappa shape index (κ2) is 6.64. The number of sulfonamides is 1. The van der Waals surface area contributed by atoms with Crippen LogP contribution in [0.4, 0.5) is 5.69 Å². The van der Waals surface area contributed by atoms with E-state index in [0.29, 0.717) is 0 Å². The molecule has 0 spiro atoms. The normalized spacial score (nSPS) is 11.0. The predicted octanol–water partition coefficient (Wildman–Crippen LogP) is 1.23. The van der Waals surface area contributed by atoms with Gasteiger partial charge in [-0.3, -0.25) is 20.3 Å². The van der Waals surface area contributed by atoms with E-state index in [1.807, 2.05) is 10.3 Å². The Morgan fingerprint density at radius 2 is 1.83 bits per heavy atom. The Hall–Kier alpha value is -2.98. The summed E-state index contributed by atoms with van der Waals surface area (Å²) in [6, 6.07) is 9.57. The third kappa shape index (κ3) is 3.67. The molecule has 0 saturated carbocycles. The van der Waals surface area contributed by atoms with E-state index in [4.69, 9.17) is 0 Å². The van der Waals surface area contributed by atoms with Gasteiger partial charge in [-0.05, 0) is 30.7 Å². The Kier molecular flexibility index (Phi) is 4.81. The molecule has 0 bridgehead atoms. The lowest BCUT2D eigenvalue weighted by molar-refractivity contribution is -0.386. The lowest BCUT2D eigenvalue weighted by Gasteiger charge is -2.11. The van der Waals surface area contributed by atoms with Crippen molar-refractivity contribution < 1.29 is 23.2 Å². The standard InChI is InChI=1S/C14H13N3O6S/c1-9-7-12(18)11(17(20)21)8-13(9)24(22,23)16-15-14(19)10-5-3-2-4-6-10/h2-8,16,18H,1H3,(H,15,19). The molecule has 3 N–H and O–H groups in total. The van der Waals surface area contributed by atoms with Gasteiger partial charge in [0.05, 0.1) is 9.82 Å². The number of hydrogen-bond acceptors (Lipinski definition) is 6. The summed E-state index contributed by atoms with van der Waals surface area (Å²) in [5.41, 5.74) is 1.58.